The van der Waals surface area contributed by atoms with Crippen molar-refractivity contribution in [3.8, 4) is 45.1 Å². The van der Waals surface area contributed by atoms with Gasteiger partial charge in [-0.05, 0) is 71.8 Å². The fraction of sp³-hybridized carbons (Fsp3) is 0. The molecule has 0 saturated heterocycles. The van der Waals surface area contributed by atoms with Crippen LogP contribution in [0.25, 0.3) is 77.2 Å². The first-order chi connectivity index (χ1) is 22.3. The van der Waals surface area contributed by atoms with Crippen molar-refractivity contribution < 1.29 is 4.74 Å². The van der Waals surface area contributed by atoms with Gasteiger partial charge in [-0.2, -0.15) is 0 Å². The molecule has 0 saturated carbocycles. The summed E-state index contributed by atoms with van der Waals surface area (Å²) in [7, 11) is 0. The Balaban J connectivity index is 1.19. The molecule has 0 radical (unpaired) electrons. The first kappa shape index (κ1) is 24.4. The molecule has 0 unspecified atom stereocenters. The predicted octanol–water partition coefficient (Wildman–Crippen LogP) is 11.3. The van der Waals surface area contributed by atoms with E-state index < -0.39 is 0 Å². The number of rotatable bonds is 2. The predicted molar refractivity (Wildman–Crippen MR) is 186 cm³/mol. The summed E-state index contributed by atoms with van der Waals surface area (Å²) in [6.45, 7) is 0. The summed E-state index contributed by atoms with van der Waals surface area (Å²) < 4.78 is 11.5. The Hall–Kier alpha value is -6.06. The van der Waals surface area contributed by atoms with Crippen LogP contribution in [-0.2, 0) is 0 Å². The zero-order chi connectivity index (χ0) is 29.5. The maximum atomic E-state index is 6.76. The number of aromatic nitrogens is 2. The molecule has 0 aliphatic carbocycles. The van der Waals surface area contributed by atoms with E-state index in [1.807, 2.05) is 0 Å². The Bertz CT molecular complexity index is 2350. The average Bonchev–Trinajstić information content (AvgIpc) is 3.57. The van der Waals surface area contributed by atoms with Gasteiger partial charge >= 0.3 is 0 Å². The molecule has 3 nitrogen and oxygen atoms in total. The van der Waals surface area contributed by atoms with Crippen molar-refractivity contribution in [2.24, 2.45) is 0 Å². The number of hydrogen-bond acceptors (Lipinski definition) is 1. The van der Waals surface area contributed by atoms with E-state index in [0.29, 0.717) is 0 Å². The van der Waals surface area contributed by atoms with Crippen LogP contribution in [0, 0.1) is 0 Å². The number of para-hydroxylation sites is 4. The van der Waals surface area contributed by atoms with Crippen LogP contribution in [0.5, 0.6) is 11.5 Å². The van der Waals surface area contributed by atoms with Crippen LogP contribution in [0.2, 0.25) is 0 Å². The van der Waals surface area contributed by atoms with Crippen molar-refractivity contribution in [1.82, 2.24) is 9.13 Å². The number of ether oxygens (including phenoxy) is 1. The van der Waals surface area contributed by atoms with Crippen molar-refractivity contribution in [2.75, 3.05) is 0 Å². The fourth-order valence-electron chi connectivity index (χ4n) is 7.39. The van der Waals surface area contributed by atoms with E-state index in [1.54, 1.807) is 0 Å². The van der Waals surface area contributed by atoms with Gasteiger partial charge in [0.05, 0.1) is 22.1 Å². The van der Waals surface area contributed by atoms with E-state index in [0.717, 1.165) is 45.1 Å². The van der Waals surface area contributed by atoms with Crippen LogP contribution < -0.4 is 4.74 Å². The minimum absolute atomic E-state index is 0.857. The molecule has 210 valence electrons. The summed E-state index contributed by atoms with van der Waals surface area (Å²) >= 11 is 0. The molecule has 0 fully saturated rings. The van der Waals surface area contributed by atoms with Gasteiger partial charge in [0.25, 0.3) is 0 Å². The number of benzene rings is 7. The standard InChI is InChI=1S/C42H26N2O/c1-2-12-30-29(11-1)35-25-27(43-37-17-7-3-13-31(37)32-14-4-8-18-38(32)43)21-23-41(35)45-42-24-22-28(26-36(30)42)44-39-19-9-5-15-33(39)34-16-6-10-20-40(34)44/h1-26H. The Morgan fingerprint density at radius 2 is 0.644 bits per heavy atom. The molecule has 3 heterocycles. The van der Waals surface area contributed by atoms with Crippen LogP contribution in [-0.4, -0.2) is 9.13 Å². The van der Waals surface area contributed by atoms with E-state index in [4.69, 9.17) is 4.74 Å². The van der Waals surface area contributed by atoms with Gasteiger partial charge in [0.1, 0.15) is 11.5 Å². The largest absolute Gasteiger partial charge is 0.456 e. The average molecular weight is 575 g/mol. The van der Waals surface area contributed by atoms with Crippen LogP contribution in [0.1, 0.15) is 0 Å². The Morgan fingerprint density at radius 1 is 0.311 bits per heavy atom. The first-order valence-electron chi connectivity index (χ1n) is 15.4. The summed E-state index contributed by atoms with van der Waals surface area (Å²) in [5.41, 5.74) is 11.5. The zero-order valence-corrected chi connectivity index (χ0v) is 24.3. The Kier molecular flexibility index (Phi) is 5.00. The summed E-state index contributed by atoms with van der Waals surface area (Å²) in [4.78, 5) is 0. The number of hydrogen-bond donors (Lipinski definition) is 0. The highest BCUT2D eigenvalue weighted by atomic mass is 16.5. The van der Waals surface area contributed by atoms with Crippen molar-refractivity contribution in [1.29, 1.82) is 0 Å². The first-order valence-corrected chi connectivity index (χ1v) is 15.4. The normalized spacial score (nSPS) is 12.2. The third-order valence-corrected chi connectivity index (χ3v) is 9.33. The van der Waals surface area contributed by atoms with Gasteiger partial charge in [-0.1, -0.05) is 97.1 Å². The second-order valence-electron chi connectivity index (χ2n) is 11.7. The lowest BCUT2D eigenvalue weighted by Gasteiger charge is -2.14. The van der Waals surface area contributed by atoms with Gasteiger partial charge in [0, 0.05) is 44.0 Å². The zero-order valence-electron chi connectivity index (χ0n) is 24.3. The lowest BCUT2D eigenvalue weighted by atomic mass is 9.94. The molecule has 0 bridgehead atoms. The summed E-state index contributed by atoms with van der Waals surface area (Å²) in [6.07, 6.45) is 0. The molecule has 1 aliphatic rings. The Morgan fingerprint density at radius 3 is 1.02 bits per heavy atom. The molecule has 0 amide bonds. The molecule has 10 rings (SSSR count). The van der Waals surface area contributed by atoms with Gasteiger partial charge in [-0.3, -0.25) is 0 Å². The minimum Gasteiger partial charge on any atom is -0.456 e. The summed E-state index contributed by atoms with van der Waals surface area (Å²) in [6, 6.07) is 56.4. The molecule has 9 aromatic rings. The number of fused-ring (bicyclic) bond motifs is 11. The summed E-state index contributed by atoms with van der Waals surface area (Å²) in [5, 5.41) is 5.02. The highest BCUT2D eigenvalue weighted by Gasteiger charge is 2.23. The second kappa shape index (κ2) is 9.22. The third kappa shape index (κ3) is 3.46. The van der Waals surface area contributed by atoms with Gasteiger partial charge in [-0.25, -0.2) is 0 Å². The van der Waals surface area contributed by atoms with Crippen LogP contribution in [0.3, 0.4) is 0 Å². The van der Waals surface area contributed by atoms with Crippen molar-refractivity contribution in [3.05, 3.63) is 158 Å². The van der Waals surface area contributed by atoms with Crippen molar-refractivity contribution in [3.63, 3.8) is 0 Å². The highest BCUT2D eigenvalue weighted by molar-refractivity contribution is 6.10. The molecule has 0 spiro atoms. The van der Waals surface area contributed by atoms with Gasteiger partial charge in [0.2, 0.25) is 0 Å². The van der Waals surface area contributed by atoms with Crippen LogP contribution >= 0.6 is 0 Å². The SMILES string of the molecule is c1ccc2c(c1)-c1cc(-n3c4ccccc4c4ccccc43)ccc1Oc1ccc(-n3c4ccccc4c4ccccc43)cc1-2. The fourth-order valence-corrected chi connectivity index (χ4v) is 7.39. The molecular weight excluding hydrogens is 548 g/mol. The lowest BCUT2D eigenvalue weighted by molar-refractivity contribution is 0.487. The van der Waals surface area contributed by atoms with E-state index in [1.165, 1.54) is 43.6 Å². The van der Waals surface area contributed by atoms with Crippen LogP contribution in [0.15, 0.2) is 158 Å². The summed E-state index contributed by atoms with van der Waals surface area (Å²) in [5.74, 6) is 1.71. The quantitative estimate of drug-likeness (QED) is 0.201. The maximum Gasteiger partial charge on any atom is 0.135 e. The van der Waals surface area contributed by atoms with Gasteiger partial charge in [-0.15, -0.1) is 0 Å². The number of nitrogens with zero attached hydrogens (tertiary/aromatic N) is 2. The van der Waals surface area contributed by atoms with Crippen molar-refractivity contribution in [2.45, 2.75) is 0 Å². The molecule has 1 aliphatic heterocycles. The van der Waals surface area contributed by atoms with Crippen molar-refractivity contribution >= 4 is 43.6 Å². The monoisotopic (exact) mass is 574 g/mol. The lowest BCUT2D eigenvalue weighted by Crippen LogP contribution is -1.96. The smallest absolute Gasteiger partial charge is 0.135 e. The third-order valence-electron chi connectivity index (χ3n) is 9.33. The van der Waals surface area contributed by atoms with E-state index in [2.05, 4.69) is 167 Å². The maximum absolute atomic E-state index is 6.76. The molecule has 0 N–H and O–H groups in total. The van der Waals surface area contributed by atoms with Gasteiger partial charge in [0.15, 0.2) is 0 Å². The van der Waals surface area contributed by atoms with Crippen LogP contribution in [0.4, 0.5) is 0 Å². The second-order valence-corrected chi connectivity index (χ2v) is 11.7. The molecule has 7 aromatic carbocycles. The van der Waals surface area contributed by atoms with E-state index in [9.17, 15) is 0 Å². The van der Waals surface area contributed by atoms with E-state index >= 15 is 0 Å². The highest BCUT2D eigenvalue weighted by Crippen LogP contribution is 2.48. The molecular formula is C42H26N2O. The minimum atomic E-state index is 0.857. The van der Waals surface area contributed by atoms with Gasteiger partial charge < -0.3 is 13.9 Å². The molecule has 3 heteroatoms. The topological polar surface area (TPSA) is 19.1 Å². The molecule has 2 aromatic heterocycles. The Labute approximate surface area is 259 Å². The molecule has 45 heavy (non-hydrogen) atoms. The molecule has 0 atom stereocenters. The van der Waals surface area contributed by atoms with E-state index in [-0.39, 0.29) is 0 Å².